The molecule has 0 radical (unpaired) electrons. The summed E-state index contributed by atoms with van der Waals surface area (Å²) < 4.78 is 5.57. The maximum Gasteiger partial charge on any atom is 0.229 e. The highest BCUT2D eigenvalue weighted by atomic mass is 16.5. The summed E-state index contributed by atoms with van der Waals surface area (Å²) in [5.41, 5.74) is 0.643. The topological polar surface area (TPSA) is 87.3 Å². The monoisotopic (exact) mass is 342 g/mol. The van der Waals surface area contributed by atoms with Crippen molar-refractivity contribution < 1.29 is 14.3 Å². The van der Waals surface area contributed by atoms with Crippen molar-refractivity contribution in [1.29, 1.82) is 0 Å². The SMILES string of the molecule is O=C(Nc1cn[nH]c1)C1CCCN(C(=O)CCOc2ccccc2)C1. The summed E-state index contributed by atoms with van der Waals surface area (Å²) in [6.45, 7) is 1.48. The second kappa shape index (κ2) is 8.32. The minimum atomic E-state index is -0.192. The Kier molecular flexibility index (Phi) is 5.66. The summed E-state index contributed by atoms with van der Waals surface area (Å²) >= 11 is 0. The van der Waals surface area contributed by atoms with Crippen LogP contribution in [0.15, 0.2) is 42.7 Å². The second-order valence-electron chi connectivity index (χ2n) is 6.07. The minimum Gasteiger partial charge on any atom is -0.493 e. The number of nitrogens with zero attached hydrogens (tertiary/aromatic N) is 2. The molecule has 25 heavy (non-hydrogen) atoms. The van der Waals surface area contributed by atoms with E-state index in [0.29, 0.717) is 31.8 Å². The number of para-hydroxylation sites is 1. The van der Waals surface area contributed by atoms with E-state index in [0.717, 1.165) is 18.6 Å². The van der Waals surface area contributed by atoms with Crippen molar-refractivity contribution in [3.63, 3.8) is 0 Å². The summed E-state index contributed by atoms with van der Waals surface area (Å²) in [5, 5.41) is 9.28. The lowest BCUT2D eigenvalue weighted by Crippen LogP contribution is -2.44. The van der Waals surface area contributed by atoms with E-state index in [9.17, 15) is 9.59 Å². The third kappa shape index (κ3) is 4.82. The zero-order chi connectivity index (χ0) is 17.5. The van der Waals surface area contributed by atoms with E-state index < -0.39 is 0 Å². The number of piperidine rings is 1. The Morgan fingerprint density at radius 2 is 2.16 bits per heavy atom. The molecule has 1 unspecified atom stereocenters. The molecule has 0 bridgehead atoms. The van der Waals surface area contributed by atoms with Crippen molar-refractivity contribution >= 4 is 17.5 Å². The zero-order valence-corrected chi connectivity index (χ0v) is 14.0. The van der Waals surface area contributed by atoms with Gasteiger partial charge in [0, 0.05) is 19.3 Å². The average molecular weight is 342 g/mol. The van der Waals surface area contributed by atoms with Crippen LogP contribution in [-0.4, -0.2) is 46.6 Å². The van der Waals surface area contributed by atoms with Gasteiger partial charge in [-0.05, 0) is 25.0 Å². The maximum absolute atomic E-state index is 12.4. The molecule has 3 rings (SSSR count). The number of carbonyl (C=O) groups is 2. The predicted octanol–water partition coefficient (Wildman–Crippen LogP) is 2.06. The van der Waals surface area contributed by atoms with Gasteiger partial charge in [-0.3, -0.25) is 14.7 Å². The number of benzene rings is 1. The van der Waals surface area contributed by atoms with E-state index in [1.807, 2.05) is 30.3 Å². The van der Waals surface area contributed by atoms with Crippen molar-refractivity contribution in [3.8, 4) is 5.75 Å². The average Bonchev–Trinajstić information content (AvgIpc) is 3.15. The molecule has 2 amide bonds. The normalized spacial score (nSPS) is 17.1. The first-order valence-corrected chi connectivity index (χ1v) is 8.47. The third-order valence-corrected chi connectivity index (χ3v) is 4.24. The van der Waals surface area contributed by atoms with Gasteiger partial charge in [0.05, 0.1) is 30.8 Å². The first kappa shape index (κ1) is 17.0. The second-order valence-corrected chi connectivity index (χ2v) is 6.07. The fourth-order valence-corrected chi connectivity index (χ4v) is 2.91. The van der Waals surface area contributed by atoms with Gasteiger partial charge >= 0.3 is 0 Å². The van der Waals surface area contributed by atoms with Crippen LogP contribution in [-0.2, 0) is 9.59 Å². The lowest BCUT2D eigenvalue weighted by molar-refractivity contribution is -0.135. The van der Waals surface area contributed by atoms with Gasteiger partial charge in [-0.15, -0.1) is 0 Å². The van der Waals surface area contributed by atoms with Crippen molar-refractivity contribution in [2.45, 2.75) is 19.3 Å². The molecule has 1 fully saturated rings. The van der Waals surface area contributed by atoms with Crippen LogP contribution in [0.25, 0.3) is 0 Å². The van der Waals surface area contributed by atoms with Gasteiger partial charge in [0.15, 0.2) is 0 Å². The molecule has 1 aromatic heterocycles. The number of ether oxygens (including phenoxy) is 1. The molecule has 7 nitrogen and oxygen atoms in total. The van der Waals surface area contributed by atoms with Gasteiger partial charge in [0.2, 0.25) is 11.8 Å². The van der Waals surface area contributed by atoms with Gasteiger partial charge in [-0.2, -0.15) is 5.10 Å². The molecule has 1 atom stereocenters. The van der Waals surface area contributed by atoms with Crippen molar-refractivity contribution in [3.05, 3.63) is 42.7 Å². The minimum absolute atomic E-state index is 0.0248. The molecule has 2 aromatic rings. The van der Waals surface area contributed by atoms with Crippen LogP contribution in [0.5, 0.6) is 5.75 Å². The van der Waals surface area contributed by atoms with Crippen molar-refractivity contribution in [2.24, 2.45) is 5.92 Å². The lowest BCUT2D eigenvalue weighted by atomic mass is 9.97. The molecule has 1 saturated heterocycles. The highest BCUT2D eigenvalue weighted by Gasteiger charge is 2.28. The number of hydrogen-bond acceptors (Lipinski definition) is 4. The van der Waals surface area contributed by atoms with Crippen LogP contribution in [0, 0.1) is 5.92 Å². The molecular formula is C18H22N4O3. The number of aromatic nitrogens is 2. The standard InChI is InChI=1S/C18H22N4O3/c23-17(8-10-25-16-6-2-1-3-7-16)22-9-4-5-14(13-22)18(24)21-15-11-19-20-12-15/h1-3,6-7,11-12,14H,4-5,8-10,13H2,(H,19,20)(H,21,24). The fraction of sp³-hybridized carbons (Fsp3) is 0.389. The number of carbonyl (C=O) groups excluding carboxylic acids is 2. The fourth-order valence-electron chi connectivity index (χ4n) is 2.91. The Labute approximate surface area is 146 Å². The molecule has 1 aliphatic heterocycles. The van der Waals surface area contributed by atoms with E-state index in [1.165, 1.54) is 0 Å². The van der Waals surface area contributed by atoms with Crippen LogP contribution in [0.3, 0.4) is 0 Å². The van der Waals surface area contributed by atoms with Crippen LogP contribution in [0.2, 0.25) is 0 Å². The van der Waals surface area contributed by atoms with Crippen molar-refractivity contribution in [2.75, 3.05) is 25.0 Å². The van der Waals surface area contributed by atoms with Crippen LogP contribution < -0.4 is 10.1 Å². The number of nitrogens with one attached hydrogen (secondary N) is 2. The van der Waals surface area contributed by atoms with E-state index in [2.05, 4.69) is 15.5 Å². The number of aromatic amines is 1. The highest BCUT2D eigenvalue weighted by Crippen LogP contribution is 2.19. The Balaban J connectivity index is 1.45. The largest absolute Gasteiger partial charge is 0.493 e. The molecule has 0 spiro atoms. The zero-order valence-electron chi connectivity index (χ0n) is 14.0. The number of rotatable bonds is 6. The molecular weight excluding hydrogens is 320 g/mol. The number of hydrogen-bond donors (Lipinski definition) is 2. The first-order valence-electron chi connectivity index (χ1n) is 8.47. The number of likely N-dealkylation sites (tertiary alicyclic amines) is 1. The van der Waals surface area contributed by atoms with E-state index >= 15 is 0 Å². The number of H-pyrrole nitrogens is 1. The summed E-state index contributed by atoms with van der Waals surface area (Å²) in [4.78, 5) is 26.5. The summed E-state index contributed by atoms with van der Waals surface area (Å²) in [6.07, 6.45) is 5.11. The lowest BCUT2D eigenvalue weighted by Gasteiger charge is -2.32. The van der Waals surface area contributed by atoms with Gasteiger partial charge < -0.3 is 15.0 Å². The van der Waals surface area contributed by atoms with E-state index in [1.54, 1.807) is 17.3 Å². The van der Waals surface area contributed by atoms with E-state index in [4.69, 9.17) is 4.74 Å². The molecule has 2 heterocycles. The number of anilines is 1. The Morgan fingerprint density at radius 1 is 1.32 bits per heavy atom. The van der Waals surface area contributed by atoms with Gasteiger partial charge in [0.1, 0.15) is 5.75 Å². The molecule has 1 aromatic carbocycles. The molecule has 7 heteroatoms. The Bertz CT molecular complexity index is 688. The smallest absolute Gasteiger partial charge is 0.229 e. The first-order chi connectivity index (χ1) is 12.2. The van der Waals surface area contributed by atoms with Crippen molar-refractivity contribution in [1.82, 2.24) is 15.1 Å². The van der Waals surface area contributed by atoms with Crippen LogP contribution in [0.1, 0.15) is 19.3 Å². The van der Waals surface area contributed by atoms with Crippen LogP contribution >= 0.6 is 0 Å². The molecule has 132 valence electrons. The van der Waals surface area contributed by atoms with Gasteiger partial charge in [-0.1, -0.05) is 18.2 Å². The third-order valence-electron chi connectivity index (χ3n) is 4.24. The molecule has 2 N–H and O–H groups in total. The van der Waals surface area contributed by atoms with Gasteiger partial charge in [0.25, 0.3) is 0 Å². The highest BCUT2D eigenvalue weighted by molar-refractivity contribution is 5.92. The summed E-state index contributed by atoms with van der Waals surface area (Å²) in [7, 11) is 0. The van der Waals surface area contributed by atoms with Crippen LogP contribution in [0.4, 0.5) is 5.69 Å². The molecule has 0 saturated carbocycles. The molecule has 1 aliphatic rings. The van der Waals surface area contributed by atoms with Gasteiger partial charge in [-0.25, -0.2) is 0 Å². The quantitative estimate of drug-likeness (QED) is 0.841. The van der Waals surface area contributed by atoms with E-state index in [-0.39, 0.29) is 17.7 Å². The Hall–Kier alpha value is -2.83. The predicted molar refractivity (Wildman–Crippen MR) is 93.1 cm³/mol. The number of amides is 2. The summed E-state index contributed by atoms with van der Waals surface area (Å²) in [6, 6.07) is 9.43. The summed E-state index contributed by atoms with van der Waals surface area (Å²) in [5.74, 6) is 0.519. The Morgan fingerprint density at radius 3 is 2.92 bits per heavy atom. The molecule has 0 aliphatic carbocycles. The maximum atomic E-state index is 12.4.